The van der Waals surface area contributed by atoms with Crippen molar-refractivity contribution in [2.75, 3.05) is 0 Å². The molecule has 0 saturated heterocycles. The molecule has 0 N–H and O–H groups in total. The lowest BCUT2D eigenvalue weighted by Crippen LogP contribution is -1.82. The predicted molar refractivity (Wildman–Crippen MR) is 57.4 cm³/mol. The van der Waals surface area contributed by atoms with Gasteiger partial charge in [-0.3, -0.25) is 0 Å². The van der Waals surface area contributed by atoms with Crippen LogP contribution in [0.4, 0.5) is 0 Å². The molecule has 2 heteroatoms. The third-order valence-corrected chi connectivity index (χ3v) is 1.81. The van der Waals surface area contributed by atoms with Crippen LogP contribution in [-0.4, -0.2) is 9.97 Å². The second-order valence-corrected chi connectivity index (χ2v) is 2.85. The van der Waals surface area contributed by atoms with Gasteiger partial charge in [0.05, 0.1) is 0 Å². The molecule has 14 heavy (non-hydrogen) atoms. The summed E-state index contributed by atoms with van der Waals surface area (Å²) in [5.74, 6) is 0.733. The normalized spacial score (nSPS) is 10.6. The zero-order valence-electron chi connectivity index (χ0n) is 7.67. The van der Waals surface area contributed by atoms with Crippen molar-refractivity contribution in [3.63, 3.8) is 0 Å². The summed E-state index contributed by atoms with van der Waals surface area (Å²) < 4.78 is 0. The van der Waals surface area contributed by atoms with Crippen LogP contribution in [-0.2, 0) is 0 Å². The van der Waals surface area contributed by atoms with E-state index < -0.39 is 0 Å². The van der Waals surface area contributed by atoms with Crippen molar-refractivity contribution < 1.29 is 0 Å². The van der Waals surface area contributed by atoms with Crippen molar-refractivity contribution in [3.8, 4) is 0 Å². The molecule has 1 aromatic carbocycles. The van der Waals surface area contributed by atoms with Gasteiger partial charge in [-0.05, 0) is 17.7 Å². The van der Waals surface area contributed by atoms with E-state index in [0.717, 1.165) is 11.4 Å². The van der Waals surface area contributed by atoms with Crippen LogP contribution in [0.5, 0.6) is 0 Å². The Morgan fingerprint density at radius 1 is 0.786 bits per heavy atom. The van der Waals surface area contributed by atoms with Gasteiger partial charge in [0.25, 0.3) is 0 Å². The Balaban J connectivity index is 2.16. The molecule has 0 aliphatic rings. The molecule has 0 saturated carbocycles. The highest BCUT2D eigenvalue weighted by Crippen LogP contribution is 2.03. The second-order valence-electron chi connectivity index (χ2n) is 2.85. The van der Waals surface area contributed by atoms with Crippen LogP contribution in [0.3, 0.4) is 0 Å². The summed E-state index contributed by atoms with van der Waals surface area (Å²) >= 11 is 0. The minimum atomic E-state index is 0.733. The number of hydrogen-bond acceptors (Lipinski definition) is 2. The average molecular weight is 182 g/mol. The van der Waals surface area contributed by atoms with Gasteiger partial charge in [-0.15, -0.1) is 0 Å². The van der Waals surface area contributed by atoms with Gasteiger partial charge in [-0.25, -0.2) is 9.97 Å². The van der Waals surface area contributed by atoms with E-state index in [4.69, 9.17) is 0 Å². The molecule has 0 radical (unpaired) electrons. The topological polar surface area (TPSA) is 25.8 Å². The van der Waals surface area contributed by atoms with Gasteiger partial charge >= 0.3 is 0 Å². The average Bonchev–Trinajstić information content (AvgIpc) is 2.29. The van der Waals surface area contributed by atoms with Crippen LogP contribution in [0.1, 0.15) is 11.4 Å². The summed E-state index contributed by atoms with van der Waals surface area (Å²) in [6, 6.07) is 11.9. The van der Waals surface area contributed by atoms with E-state index in [0.29, 0.717) is 0 Å². The van der Waals surface area contributed by atoms with Crippen molar-refractivity contribution in [1.82, 2.24) is 9.97 Å². The molecule has 2 aromatic rings. The molecule has 0 fully saturated rings. The molecule has 0 unspecified atom stereocenters. The lowest BCUT2D eigenvalue weighted by molar-refractivity contribution is 1.14. The first-order valence-corrected chi connectivity index (χ1v) is 4.45. The van der Waals surface area contributed by atoms with Gasteiger partial charge in [-0.2, -0.15) is 0 Å². The number of hydrogen-bond donors (Lipinski definition) is 0. The fourth-order valence-corrected chi connectivity index (χ4v) is 1.13. The lowest BCUT2D eigenvalue weighted by atomic mass is 10.2. The molecular formula is C12H10N2. The first kappa shape index (κ1) is 8.63. The highest BCUT2D eigenvalue weighted by molar-refractivity contribution is 5.66. The maximum atomic E-state index is 4.10. The highest BCUT2D eigenvalue weighted by Gasteiger charge is 1.86. The Kier molecular flexibility index (Phi) is 2.67. The molecule has 0 aliphatic carbocycles. The Morgan fingerprint density at radius 2 is 1.50 bits per heavy atom. The molecule has 2 nitrogen and oxygen atoms in total. The number of aromatic nitrogens is 2. The first-order valence-electron chi connectivity index (χ1n) is 4.45. The van der Waals surface area contributed by atoms with Crippen LogP contribution >= 0.6 is 0 Å². The van der Waals surface area contributed by atoms with Crippen LogP contribution < -0.4 is 0 Å². The quantitative estimate of drug-likeness (QED) is 0.713. The van der Waals surface area contributed by atoms with Gasteiger partial charge in [0.15, 0.2) is 5.82 Å². The van der Waals surface area contributed by atoms with Crippen LogP contribution in [0, 0.1) is 0 Å². The first-order chi connectivity index (χ1) is 6.95. The SMILES string of the molecule is C(=C/c1ncccn1)/c1ccccc1. The Bertz CT molecular complexity index is 365. The maximum absolute atomic E-state index is 4.10. The second kappa shape index (κ2) is 4.33. The molecule has 0 bridgehead atoms. The largest absolute Gasteiger partial charge is 0.237 e. The van der Waals surface area contributed by atoms with Crippen LogP contribution in [0.15, 0.2) is 48.8 Å². The number of rotatable bonds is 2. The van der Waals surface area contributed by atoms with Crippen LogP contribution in [0.2, 0.25) is 0 Å². The molecule has 0 atom stereocenters. The van der Waals surface area contributed by atoms with Crippen LogP contribution in [0.25, 0.3) is 12.2 Å². The third kappa shape index (κ3) is 2.26. The minimum Gasteiger partial charge on any atom is -0.237 e. The van der Waals surface area contributed by atoms with Crippen molar-refractivity contribution in [3.05, 3.63) is 60.2 Å². The van der Waals surface area contributed by atoms with Gasteiger partial charge < -0.3 is 0 Å². The lowest BCUT2D eigenvalue weighted by Gasteiger charge is -1.91. The highest BCUT2D eigenvalue weighted by atomic mass is 14.8. The molecule has 1 heterocycles. The maximum Gasteiger partial charge on any atom is 0.151 e. The van der Waals surface area contributed by atoms with Gasteiger partial charge in [-0.1, -0.05) is 36.4 Å². The Labute approximate surface area is 83.0 Å². The molecule has 2 rings (SSSR count). The van der Waals surface area contributed by atoms with Gasteiger partial charge in [0, 0.05) is 12.4 Å². The minimum absolute atomic E-state index is 0.733. The summed E-state index contributed by atoms with van der Waals surface area (Å²) in [5, 5.41) is 0. The molecule has 0 aliphatic heterocycles. The summed E-state index contributed by atoms with van der Waals surface area (Å²) in [7, 11) is 0. The monoisotopic (exact) mass is 182 g/mol. The smallest absolute Gasteiger partial charge is 0.151 e. The van der Waals surface area contributed by atoms with Crippen molar-refractivity contribution in [2.45, 2.75) is 0 Å². The van der Waals surface area contributed by atoms with E-state index in [1.165, 1.54) is 0 Å². The fourth-order valence-electron chi connectivity index (χ4n) is 1.13. The van der Waals surface area contributed by atoms with Crippen molar-refractivity contribution in [2.24, 2.45) is 0 Å². The van der Waals surface area contributed by atoms with E-state index in [1.54, 1.807) is 18.5 Å². The number of nitrogens with zero attached hydrogens (tertiary/aromatic N) is 2. The van der Waals surface area contributed by atoms with E-state index >= 15 is 0 Å². The summed E-state index contributed by atoms with van der Waals surface area (Å²) in [6.07, 6.45) is 7.36. The molecular weight excluding hydrogens is 172 g/mol. The summed E-state index contributed by atoms with van der Waals surface area (Å²) in [5.41, 5.74) is 1.15. The zero-order chi connectivity index (χ0) is 9.64. The fraction of sp³-hybridized carbons (Fsp3) is 0. The predicted octanol–water partition coefficient (Wildman–Crippen LogP) is 2.65. The van der Waals surface area contributed by atoms with Crippen molar-refractivity contribution in [1.29, 1.82) is 0 Å². The van der Waals surface area contributed by atoms with E-state index in [9.17, 15) is 0 Å². The molecule has 0 spiro atoms. The van der Waals surface area contributed by atoms with Gasteiger partial charge in [0.2, 0.25) is 0 Å². The number of benzene rings is 1. The standard InChI is InChI=1S/C12H10N2/c1-2-5-11(6-3-1)7-8-12-13-9-4-10-14-12/h1-10H/b8-7-. The molecule has 68 valence electrons. The van der Waals surface area contributed by atoms with E-state index in [2.05, 4.69) is 9.97 Å². The van der Waals surface area contributed by atoms with E-state index in [-0.39, 0.29) is 0 Å². The molecule has 0 amide bonds. The van der Waals surface area contributed by atoms with E-state index in [1.807, 2.05) is 42.5 Å². The third-order valence-electron chi connectivity index (χ3n) is 1.81. The summed E-state index contributed by atoms with van der Waals surface area (Å²) in [4.78, 5) is 8.19. The Hall–Kier alpha value is -1.96. The zero-order valence-corrected chi connectivity index (χ0v) is 7.67. The summed E-state index contributed by atoms with van der Waals surface area (Å²) in [6.45, 7) is 0. The molecule has 1 aromatic heterocycles. The van der Waals surface area contributed by atoms with Gasteiger partial charge in [0.1, 0.15) is 0 Å². The van der Waals surface area contributed by atoms with Crippen molar-refractivity contribution >= 4 is 12.2 Å². The Morgan fingerprint density at radius 3 is 2.21 bits per heavy atom.